The fourth-order valence-electron chi connectivity index (χ4n) is 3.46. The van der Waals surface area contributed by atoms with Gasteiger partial charge in [-0.25, -0.2) is 4.79 Å². The highest BCUT2D eigenvalue weighted by Crippen LogP contribution is 2.36. The minimum absolute atomic E-state index is 0.0513. The van der Waals surface area contributed by atoms with Gasteiger partial charge >= 0.3 is 6.16 Å². The van der Waals surface area contributed by atoms with Crippen molar-refractivity contribution in [1.82, 2.24) is 9.78 Å². The van der Waals surface area contributed by atoms with Crippen molar-refractivity contribution >= 4 is 23.7 Å². The van der Waals surface area contributed by atoms with Crippen LogP contribution in [0.5, 0.6) is 0 Å². The lowest BCUT2D eigenvalue weighted by Crippen LogP contribution is -2.21. The predicted molar refractivity (Wildman–Crippen MR) is 130 cm³/mol. The Hall–Kier alpha value is -3.09. The van der Waals surface area contributed by atoms with Crippen LogP contribution < -0.4 is 0 Å². The molecule has 0 fully saturated rings. The zero-order chi connectivity index (χ0) is 24.3. The number of aryl methyl sites for hydroxylation is 2. The summed E-state index contributed by atoms with van der Waals surface area (Å²) < 4.78 is 18.5. The molecule has 1 aliphatic rings. The SMILES string of the molecule is Cc1cc(/C(OC(C)OC(=O)OCC(C)C)=C(/c2ccc(C(C)(C)C)cc2)C2C=N2)n(C)n1. The molecule has 7 nitrogen and oxygen atoms in total. The Morgan fingerprint density at radius 1 is 1.12 bits per heavy atom. The molecule has 0 aliphatic carbocycles. The third-order valence-electron chi connectivity index (χ3n) is 5.22. The molecule has 3 rings (SSSR count). The van der Waals surface area contributed by atoms with E-state index in [0.717, 1.165) is 22.5 Å². The summed E-state index contributed by atoms with van der Waals surface area (Å²) >= 11 is 0. The second-order valence-corrected chi connectivity index (χ2v) is 9.87. The Morgan fingerprint density at radius 3 is 2.24 bits per heavy atom. The minimum Gasteiger partial charge on any atom is -0.452 e. The van der Waals surface area contributed by atoms with Gasteiger partial charge in [-0.15, -0.1) is 0 Å². The van der Waals surface area contributed by atoms with Crippen molar-refractivity contribution in [3.8, 4) is 0 Å². The van der Waals surface area contributed by atoms with Crippen molar-refractivity contribution in [3.63, 3.8) is 0 Å². The van der Waals surface area contributed by atoms with E-state index in [4.69, 9.17) is 14.2 Å². The molecule has 1 aromatic heterocycles. The summed E-state index contributed by atoms with van der Waals surface area (Å²) in [5, 5.41) is 4.48. The Balaban J connectivity index is 1.98. The lowest BCUT2D eigenvalue weighted by atomic mass is 9.86. The molecule has 1 aromatic carbocycles. The number of nitrogens with zero attached hydrogens (tertiary/aromatic N) is 3. The fourth-order valence-corrected chi connectivity index (χ4v) is 3.46. The van der Waals surface area contributed by atoms with Crippen LogP contribution >= 0.6 is 0 Å². The van der Waals surface area contributed by atoms with E-state index in [9.17, 15) is 4.79 Å². The van der Waals surface area contributed by atoms with Gasteiger partial charge < -0.3 is 14.2 Å². The molecule has 0 saturated carbocycles. The first-order valence-electron chi connectivity index (χ1n) is 11.3. The molecule has 2 atom stereocenters. The third kappa shape index (κ3) is 6.46. The van der Waals surface area contributed by atoms with Crippen LogP contribution in [0.25, 0.3) is 11.3 Å². The summed E-state index contributed by atoms with van der Waals surface area (Å²) in [4.78, 5) is 16.5. The van der Waals surface area contributed by atoms with Gasteiger partial charge in [0.15, 0.2) is 5.76 Å². The topological polar surface area (TPSA) is 74.9 Å². The van der Waals surface area contributed by atoms with Crippen molar-refractivity contribution < 1.29 is 19.0 Å². The summed E-state index contributed by atoms with van der Waals surface area (Å²) in [5.41, 5.74) is 4.83. The van der Waals surface area contributed by atoms with Crippen LogP contribution in [0.1, 0.15) is 64.1 Å². The van der Waals surface area contributed by atoms with Gasteiger partial charge in [-0.05, 0) is 35.4 Å². The number of ether oxygens (including phenoxy) is 3. The van der Waals surface area contributed by atoms with Gasteiger partial charge in [0.25, 0.3) is 0 Å². The molecular formula is C26H35N3O4. The molecule has 0 spiro atoms. The van der Waals surface area contributed by atoms with Crippen LogP contribution in [-0.2, 0) is 26.7 Å². The number of aromatic nitrogens is 2. The average molecular weight is 454 g/mol. The van der Waals surface area contributed by atoms with E-state index >= 15 is 0 Å². The number of rotatable bonds is 8. The average Bonchev–Trinajstić information content (AvgIpc) is 3.49. The van der Waals surface area contributed by atoms with E-state index in [0.29, 0.717) is 5.76 Å². The first-order chi connectivity index (χ1) is 15.5. The van der Waals surface area contributed by atoms with Gasteiger partial charge in [0.1, 0.15) is 11.7 Å². The molecule has 0 bridgehead atoms. The molecule has 0 radical (unpaired) electrons. The van der Waals surface area contributed by atoms with Crippen LogP contribution in [0.3, 0.4) is 0 Å². The van der Waals surface area contributed by atoms with Crippen molar-refractivity contribution in [2.75, 3.05) is 6.61 Å². The van der Waals surface area contributed by atoms with E-state index in [1.165, 1.54) is 5.56 Å². The first-order valence-corrected chi connectivity index (χ1v) is 11.3. The Morgan fingerprint density at radius 2 is 1.76 bits per heavy atom. The molecule has 7 heteroatoms. The highest BCUT2D eigenvalue weighted by molar-refractivity contribution is 6.03. The lowest BCUT2D eigenvalue weighted by molar-refractivity contribution is -0.0691. The largest absolute Gasteiger partial charge is 0.511 e. The van der Waals surface area contributed by atoms with Gasteiger partial charge in [0.2, 0.25) is 6.29 Å². The standard InChI is InChI=1S/C26H35N3O4/c1-16(2)15-31-25(30)33-18(4)32-24(22-13-17(3)28-29(22)8)23(21-14-27-21)19-9-11-20(12-10-19)26(5,6)7/h9-14,16,18,21H,15H2,1-8H3/b24-23+. The molecule has 0 amide bonds. The fraction of sp³-hybridized carbons (Fsp3) is 0.500. The van der Waals surface area contributed by atoms with Gasteiger partial charge in [0.05, 0.1) is 12.3 Å². The van der Waals surface area contributed by atoms with E-state index < -0.39 is 12.4 Å². The van der Waals surface area contributed by atoms with Crippen molar-refractivity contribution in [2.45, 2.75) is 66.2 Å². The number of aliphatic imine (C=N–C) groups is 1. The second kappa shape index (κ2) is 9.81. The van der Waals surface area contributed by atoms with E-state index in [1.807, 2.05) is 40.1 Å². The monoisotopic (exact) mass is 453 g/mol. The third-order valence-corrected chi connectivity index (χ3v) is 5.22. The molecule has 0 N–H and O–H groups in total. The molecule has 1 aliphatic heterocycles. The smallest absolute Gasteiger partial charge is 0.452 e. The molecule has 2 unspecified atom stereocenters. The van der Waals surface area contributed by atoms with Crippen LogP contribution in [-0.4, -0.2) is 41.1 Å². The maximum atomic E-state index is 12.1. The maximum absolute atomic E-state index is 12.1. The Kier molecular flexibility index (Phi) is 7.30. The van der Waals surface area contributed by atoms with E-state index in [2.05, 4.69) is 55.1 Å². The van der Waals surface area contributed by atoms with Crippen molar-refractivity contribution in [1.29, 1.82) is 0 Å². The minimum atomic E-state index is -0.863. The normalized spacial score (nSPS) is 16.9. The van der Waals surface area contributed by atoms with Gasteiger partial charge in [-0.1, -0.05) is 58.9 Å². The molecule has 178 valence electrons. The number of benzene rings is 1. The van der Waals surface area contributed by atoms with Gasteiger partial charge in [0, 0.05) is 25.8 Å². The van der Waals surface area contributed by atoms with Crippen molar-refractivity contribution in [2.24, 2.45) is 18.0 Å². The maximum Gasteiger partial charge on any atom is 0.511 e. The highest BCUT2D eigenvalue weighted by Gasteiger charge is 2.30. The summed E-state index contributed by atoms with van der Waals surface area (Å²) in [5.74, 6) is 0.796. The quantitative estimate of drug-likeness (QED) is 0.299. The number of hydrogen-bond donors (Lipinski definition) is 0. The van der Waals surface area contributed by atoms with Gasteiger partial charge in [-0.2, -0.15) is 5.10 Å². The van der Waals surface area contributed by atoms with Crippen LogP contribution in [0, 0.1) is 12.8 Å². The summed E-state index contributed by atoms with van der Waals surface area (Å²) in [6.07, 6.45) is 0.259. The molecular weight excluding hydrogens is 418 g/mol. The molecule has 2 aromatic rings. The van der Waals surface area contributed by atoms with Crippen LogP contribution in [0.15, 0.2) is 35.3 Å². The van der Waals surface area contributed by atoms with Crippen molar-refractivity contribution in [3.05, 3.63) is 52.8 Å². The lowest BCUT2D eigenvalue weighted by Gasteiger charge is -2.22. The summed E-state index contributed by atoms with van der Waals surface area (Å²) in [6.45, 7) is 14.4. The molecule has 0 saturated heterocycles. The second-order valence-electron chi connectivity index (χ2n) is 9.87. The highest BCUT2D eigenvalue weighted by atomic mass is 16.8. The van der Waals surface area contributed by atoms with Gasteiger partial charge in [-0.3, -0.25) is 9.67 Å². The van der Waals surface area contributed by atoms with Crippen LogP contribution in [0.4, 0.5) is 4.79 Å². The Labute approximate surface area is 196 Å². The number of carbonyl (C=O) groups is 1. The zero-order valence-corrected chi connectivity index (χ0v) is 20.9. The summed E-state index contributed by atoms with van der Waals surface area (Å²) in [6, 6.07) is 10.3. The Bertz CT molecular complexity index is 1040. The molecule has 33 heavy (non-hydrogen) atoms. The predicted octanol–water partition coefficient (Wildman–Crippen LogP) is 5.52. The summed E-state index contributed by atoms with van der Waals surface area (Å²) in [7, 11) is 1.86. The van der Waals surface area contributed by atoms with E-state index in [1.54, 1.807) is 11.6 Å². The number of carbonyl (C=O) groups excluding carboxylic acids is 1. The zero-order valence-electron chi connectivity index (χ0n) is 20.9. The van der Waals surface area contributed by atoms with Crippen LogP contribution in [0.2, 0.25) is 0 Å². The number of hydrogen-bond acceptors (Lipinski definition) is 6. The first kappa shape index (κ1) is 24.6. The molecule has 2 heterocycles. The van der Waals surface area contributed by atoms with E-state index in [-0.39, 0.29) is 24.0 Å².